The van der Waals surface area contributed by atoms with Crippen LogP contribution < -0.4 is 5.32 Å². The molecule has 6 heteroatoms. The van der Waals surface area contributed by atoms with Gasteiger partial charge in [-0.05, 0) is 56.3 Å². The summed E-state index contributed by atoms with van der Waals surface area (Å²) in [5.41, 5.74) is 2.47. The number of aliphatic hydroxyl groups excluding tert-OH is 1. The summed E-state index contributed by atoms with van der Waals surface area (Å²) >= 11 is 0. The summed E-state index contributed by atoms with van der Waals surface area (Å²) in [5, 5.41) is 22.7. The van der Waals surface area contributed by atoms with Crippen LogP contribution in [0.15, 0.2) is 46.9 Å². The number of hydrogen-bond donors (Lipinski definition) is 3. The number of carbonyl (C=O) groups is 3. The average molecular weight is 444 g/mol. The number of Topliss-reactive ketones (excluding diaryl/α,β-unsaturated/α-hetero) is 1. The van der Waals surface area contributed by atoms with Crippen LogP contribution in [0.3, 0.4) is 0 Å². The molecular formula is C26H37NO5. The lowest BCUT2D eigenvalue weighted by molar-refractivity contribution is -0.140. The third-order valence-corrected chi connectivity index (χ3v) is 7.02. The quantitative estimate of drug-likeness (QED) is 0.262. The molecule has 2 aliphatic rings. The maximum absolute atomic E-state index is 12.4. The summed E-state index contributed by atoms with van der Waals surface area (Å²) in [6, 6.07) is -0.991. The zero-order valence-corrected chi connectivity index (χ0v) is 20.0. The third kappa shape index (κ3) is 5.78. The number of hydrogen-bond acceptors (Lipinski definition) is 5. The molecule has 0 aliphatic heterocycles. The lowest BCUT2D eigenvalue weighted by Crippen LogP contribution is -2.42. The van der Waals surface area contributed by atoms with Crippen molar-refractivity contribution in [2.24, 2.45) is 17.3 Å². The van der Waals surface area contributed by atoms with Crippen LogP contribution in [0.25, 0.3) is 0 Å². The fraction of sp³-hybridized carbons (Fsp3) is 0.577. The predicted molar refractivity (Wildman–Crippen MR) is 125 cm³/mol. The van der Waals surface area contributed by atoms with Gasteiger partial charge in [-0.3, -0.25) is 9.59 Å². The van der Waals surface area contributed by atoms with Crippen LogP contribution in [-0.2, 0) is 14.4 Å². The van der Waals surface area contributed by atoms with Crippen molar-refractivity contribution in [1.29, 1.82) is 0 Å². The Kier molecular flexibility index (Phi) is 8.27. The Morgan fingerprint density at radius 1 is 1.38 bits per heavy atom. The second-order valence-corrected chi connectivity index (χ2v) is 9.92. The lowest BCUT2D eigenvalue weighted by atomic mass is 9.65. The molecule has 3 atom stereocenters. The highest BCUT2D eigenvalue weighted by atomic mass is 16.4. The highest BCUT2D eigenvalue weighted by molar-refractivity contribution is 6.48. The standard InChI is InChI=1S/C26H37NO5/c1-15(2)22(25(31)32)27-20-14-21(28)24(30)19(23(20)29)10-9-16(3)11-13-26(6)12-7-8-17(4)18(26)5/h9,14-15,17,22,27,29H,5,7-8,10-13H2,1-4,6H3,(H,31,32)/b16-9+/t17-,22+,26-/m1/s1. The van der Waals surface area contributed by atoms with E-state index in [1.165, 1.54) is 18.4 Å². The summed E-state index contributed by atoms with van der Waals surface area (Å²) in [6.07, 6.45) is 8.30. The van der Waals surface area contributed by atoms with Gasteiger partial charge in [0.15, 0.2) is 0 Å². The summed E-state index contributed by atoms with van der Waals surface area (Å²) < 4.78 is 0. The van der Waals surface area contributed by atoms with E-state index >= 15 is 0 Å². The van der Waals surface area contributed by atoms with E-state index in [2.05, 4.69) is 25.7 Å². The van der Waals surface area contributed by atoms with E-state index in [-0.39, 0.29) is 34.8 Å². The van der Waals surface area contributed by atoms with Crippen molar-refractivity contribution < 1.29 is 24.6 Å². The van der Waals surface area contributed by atoms with Crippen LogP contribution in [0.1, 0.15) is 73.1 Å². The molecule has 0 spiro atoms. The van der Waals surface area contributed by atoms with Crippen molar-refractivity contribution in [2.75, 3.05) is 0 Å². The van der Waals surface area contributed by atoms with E-state index in [0.29, 0.717) is 5.92 Å². The number of aliphatic hydroxyl groups is 1. The van der Waals surface area contributed by atoms with Crippen LogP contribution in [-0.4, -0.2) is 33.8 Å². The first-order valence-electron chi connectivity index (χ1n) is 11.4. The number of ketones is 2. The maximum atomic E-state index is 12.4. The molecule has 0 heterocycles. The normalized spacial score (nSPS) is 25.8. The van der Waals surface area contributed by atoms with Gasteiger partial charge in [-0.2, -0.15) is 0 Å². The van der Waals surface area contributed by atoms with Gasteiger partial charge in [-0.25, -0.2) is 4.79 Å². The molecule has 0 bridgehead atoms. The molecule has 0 radical (unpaired) electrons. The summed E-state index contributed by atoms with van der Waals surface area (Å²) in [7, 11) is 0. The predicted octanol–water partition coefficient (Wildman–Crippen LogP) is 5.03. The van der Waals surface area contributed by atoms with Gasteiger partial charge in [-0.1, -0.05) is 57.9 Å². The Labute approximate surface area is 191 Å². The summed E-state index contributed by atoms with van der Waals surface area (Å²) in [6.45, 7) is 14.3. The largest absolute Gasteiger partial charge is 0.505 e. The molecule has 2 aliphatic carbocycles. The van der Waals surface area contributed by atoms with E-state index < -0.39 is 23.6 Å². The van der Waals surface area contributed by atoms with Gasteiger partial charge < -0.3 is 15.5 Å². The van der Waals surface area contributed by atoms with Gasteiger partial charge in [0.2, 0.25) is 11.6 Å². The molecule has 6 nitrogen and oxygen atoms in total. The van der Waals surface area contributed by atoms with Crippen molar-refractivity contribution >= 4 is 17.5 Å². The number of nitrogens with one attached hydrogen (secondary N) is 1. The Morgan fingerprint density at radius 2 is 2.03 bits per heavy atom. The van der Waals surface area contributed by atoms with Crippen molar-refractivity contribution in [3.8, 4) is 0 Å². The minimum absolute atomic E-state index is 0.00541. The van der Waals surface area contributed by atoms with Gasteiger partial charge in [0.25, 0.3) is 0 Å². The van der Waals surface area contributed by atoms with E-state index in [1.54, 1.807) is 13.8 Å². The molecule has 2 rings (SSSR count). The van der Waals surface area contributed by atoms with Crippen LogP contribution in [0.5, 0.6) is 0 Å². The lowest BCUT2D eigenvalue weighted by Gasteiger charge is -2.40. The molecule has 0 amide bonds. The molecule has 0 unspecified atom stereocenters. The minimum atomic E-state index is -1.09. The van der Waals surface area contributed by atoms with Crippen molar-refractivity contribution in [2.45, 2.75) is 79.2 Å². The number of allylic oxidation sites excluding steroid dienone is 5. The van der Waals surface area contributed by atoms with Crippen LogP contribution in [0, 0.1) is 17.3 Å². The van der Waals surface area contributed by atoms with Gasteiger partial charge in [-0.15, -0.1) is 0 Å². The Balaban J connectivity index is 2.13. The second-order valence-electron chi connectivity index (χ2n) is 9.92. The van der Waals surface area contributed by atoms with Crippen molar-refractivity contribution in [3.05, 3.63) is 46.9 Å². The first-order chi connectivity index (χ1) is 14.9. The zero-order chi connectivity index (χ0) is 24.2. The van der Waals surface area contributed by atoms with Gasteiger partial charge in [0, 0.05) is 6.08 Å². The smallest absolute Gasteiger partial charge is 0.326 e. The molecule has 0 aromatic heterocycles. The van der Waals surface area contributed by atoms with Gasteiger partial charge in [0.1, 0.15) is 11.8 Å². The molecular weight excluding hydrogens is 406 g/mol. The molecule has 32 heavy (non-hydrogen) atoms. The maximum Gasteiger partial charge on any atom is 0.326 e. The molecule has 0 saturated heterocycles. The molecule has 1 saturated carbocycles. The van der Waals surface area contributed by atoms with Crippen LogP contribution in [0.4, 0.5) is 0 Å². The van der Waals surface area contributed by atoms with Crippen molar-refractivity contribution in [3.63, 3.8) is 0 Å². The van der Waals surface area contributed by atoms with Gasteiger partial charge in [0.05, 0.1) is 11.3 Å². The van der Waals surface area contributed by atoms with E-state index in [9.17, 15) is 24.6 Å². The second kappa shape index (κ2) is 10.3. The Bertz CT molecular complexity index is 892. The SMILES string of the molecule is C=C1[C@H](C)CCC[C@]1(C)CC/C(C)=C/CC1=C(O)C(N[C@H](C(=O)O)C(C)C)=CC(=O)C1=O. The summed E-state index contributed by atoms with van der Waals surface area (Å²) in [5.74, 6) is -2.72. The first kappa shape index (κ1) is 25.6. The van der Waals surface area contributed by atoms with Crippen LogP contribution in [0.2, 0.25) is 0 Å². The third-order valence-electron chi connectivity index (χ3n) is 7.02. The molecule has 0 aromatic rings. The highest BCUT2D eigenvalue weighted by Gasteiger charge is 2.34. The molecule has 3 N–H and O–H groups in total. The van der Waals surface area contributed by atoms with E-state index in [0.717, 1.165) is 30.9 Å². The number of carboxylic acid groups (broad SMARTS) is 1. The van der Waals surface area contributed by atoms with Gasteiger partial charge >= 0.3 is 5.97 Å². The summed E-state index contributed by atoms with van der Waals surface area (Å²) in [4.78, 5) is 36.0. The fourth-order valence-electron chi connectivity index (χ4n) is 4.53. The highest BCUT2D eigenvalue weighted by Crippen LogP contribution is 2.46. The fourth-order valence-corrected chi connectivity index (χ4v) is 4.53. The first-order valence-corrected chi connectivity index (χ1v) is 11.4. The topological polar surface area (TPSA) is 104 Å². The average Bonchev–Trinajstić information content (AvgIpc) is 2.71. The molecule has 0 aromatic carbocycles. The monoisotopic (exact) mass is 443 g/mol. The van der Waals surface area contributed by atoms with E-state index in [1.807, 2.05) is 13.0 Å². The van der Waals surface area contributed by atoms with Crippen LogP contribution >= 0.6 is 0 Å². The number of aliphatic carboxylic acids is 1. The number of carboxylic acids is 1. The number of carbonyl (C=O) groups excluding carboxylic acids is 2. The zero-order valence-electron chi connectivity index (χ0n) is 20.0. The minimum Gasteiger partial charge on any atom is -0.505 e. The molecule has 176 valence electrons. The Morgan fingerprint density at radius 3 is 2.62 bits per heavy atom. The van der Waals surface area contributed by atoms with Crippen molar-refractivity contribution in [1.82, 2.24) is 5.32 Å². The molecule has 1 fully saturated rings. The van der Waals surface area contributed by atoms with E-state index in [4.69, 9.17) is 0 Å². The Hall–Kier alpha value is -2.63. The number of rotatable bonds is 9.